The average Bonchev–Trinajstić information content (AvgIpc) is 3.77. The molecule has 2 bridgehead atoms. The zero-order chi connectivity index (χ0) is 31.0. The van der Waals surface area contributed by atoms with Gasteiger partial charge in [-0.05, 0) is 85.2 Å². The number of aromatic nitrogens is 1. The number of rotatable bonds is 6. The van der Waals surface area contributed by atoms with E-state index in [1.54, 1.807) is 11.8 Å². The Morgan fingerprint density at radius 2 is 1.64 bits per heavy atom. The fourth-order valence-corrected chi connectivity index (χ4v) is 10.9. The largest absolute Gasteiger partial charge is 0.484 e. The van der Waals surface area contributed by atoms with Gasteiger partial charge in [0.1, 0.15) is 11.6 Å². The quantitative estimate of drug-likeness (QED) is 0.266. The lowest BCUT2D eigenvalue weighted by molar-refractivity contribution is -0.123. The number of hydrogen-bond acceptors (Lipinski definition) is 7. The molecular formula is C34H28FN3O5S2. The number of carbonyl (C=O) groups is 3. The summed E-state index contributed by atoms with van der Waals surface area (Å²) in [5.74, 6) is -1.14. The predicted octanol–water partition coefficient (Wildman–Crippen LogP) is 5.58. The van der Waals surface area contributed by atoms with E-state index in [-0.39, 0.29) is 75.8 Å². The maximum Gasteiger partial charge on any atom is 0.305 e. The first kappa shape index (κ1) is 28.3. The van der Waals surface area contributed by atoms with Gasteiger partial charge >= 0.3 is 4.87 Å². The summed E-state index contributed by atoms with van der Waals surface area (Å²) in [6.45, 7) is 1.76. The van der Waals surface area contributed by atoms with E-state index in [2.05, 4.69) is 10.3 Å². The van der Waals surface area contributed by atoms with Crippen molar-refractivity contribution in [1.82, 2.24) is 4.98 Å². The van der Waals surface area contributed by atoms with Gasteiger partial charge in [0, 0.05) is 21.7 Å². The number of anilines is 2. The minimum Gasteiger partial charge on any atom is -0.484 e. The van der Waals surface area contributed by atoms with Gasteiger partial charge in [-0.1, -0.05) is 41.2 Å². The van der Waals surface area contributed by atoms with Crippen molar-refractivity contribution >= 4 is 52.2 Å². The number of halogens is 1. The Morgan fingerprint density at radius 1 is 0.956 bits per heavy atom. The van der Waals surface area contributed by atoms with Gasteiger partial charge in [-0.2, -0.15) is 0 Å². The van der Waals surface area contributed by atoms with Crippen LogP contribution in [-0.2, 0) is 14.4 Å². The minimum atomic E-state index is -0.385. The molecule has 3 fully saturated rings. The first-order valence-electron chi connectivity index (χ1n) is 14.9. The number of amides is 3. The lowest BCUT2D eigenvalue weighted by Crippen LogP contribution is -2.42. The zero-order valence-corrected chi connectivity index (χ0v) is 25.7. The lowest BCUT2D eigenvalue weighted by Gasteiger charge is -2.43. The molecule has 0 radical (unpaired) electrons. The summed E-state index contributed by atoms with van der Waals surface area (Å²) in [5.41, 5.74) is 3.17. The summed E-state index contributed by atoms with van der Waals surface area (Å²) >= 11 is 2.87. The van der Waals surface area contributed by atoms with Crippen LogP contribution in [0.5, 0.6) is 5.75 Å². The van der Waals surface area contributed by atoms with Crippen LogP contribution in [-0.4, -0.2) is 34.6 Å². The third-order valence-corrected chi connectivity index (χ3v) is 12.3. The maximum atomic E-state index is 13.9. The topological polar surface area (TPSA) is 109 Å². The van der Waals surface area contributed by atoms with Crippen LogP contribution in [0, 0.1) is 42.3 Å². The zero-order valence-electron chi connectivity index (χ0n) is 24.1. The van der Waals surface area contributed by atoms with Gasteiger partial charge in [0.2, 0.25) is 11.8 Å². The van der Waals surface area contributed by atoms with E-state index in [4.69, 9.17) is 4.74 Å². The molecule has 4 unspecified atom stereocenters. The molecule has 1 aromatic heterocycles. The Labute approximate surface area is 266 Å². The highest BCUT2D eigenvalue weighted by molar-refractivity contribution is 8.00. The van der Waals surface area contributed by atoms with Crippen molar-refractivity contribution in [2.45, 2.75) is 29.5 Å². The summed E-state index contributed by atoms with van der Waals surface area (Å²) < 4.78 is 18.9. The number of carbonyl (C=O) groups excluding carboxylic acids is 3. The Morgan fingerprint density at radius 3 is 2.36 bits per heavy atom. The van der Waals surface area contributed by atoms with Crippen LogP contribution in [0.1, 0.15) is 28.3 Å². The number of nitrogens with zero attached hydrogens (tertiary/aromatic N) is 1. The summed E-state index contributed by atoms with van der Waals surface area (Å²) in [7, 11) is 0. The monoisotopic (exact) mass is 641 g/mol. The first-order chi connectivity index (χ1) is 21.8. The second kappa shape index (κ2) is 10.7. The summed E-state index contributed by atoms with van der Waals surface area (Å²) in [6.07, 6.45) is 0.816. The van der Waals surface area contributed by atoms with Crippen LogP contribution >= 0.6 is 23.1 Å². The summed E-state index contributed by atoms with van der Waals surface area (Å²) in [6, 6.07) is 20.6. The predicted molar refractivity (Wildman–Crippen MR) is 169 cm³/mol. The number of H-pyrrole nitrogens is 1. The van der Waals surface area contributed by atoms with Crippen LogP contribution in [0.2, 0.25) is 0 Å². The van der Waals surface area contributed by atoms with Gasteiger partial charge in [-0.25, -0.2) is 4.39 Å². The van der Waals surface area contributed by atoms with Crippen molar-refractivity contribution in [2.24, 2.45) is 29.6 Å². The molecule has 2 aliphatic heterocycles. The third kappa shape index (κ3) is 4.63. The highest BCUT2D eigenvalue weighted by Gasteiger charge is 2.69. The number of aromatic amines is 1. The number of fused-ring (bicyclic) bond motifs is 9. The van der Waals surface area contributed by atoms with Gasteiger partial charge in [0.05, 0.1) is 22.5 Å². The van der Waals surface area contributed by atoms with Crippen LogP contribution in [0.3, 0.4) is 0 Å². The van der Waals surface area contributed by atoms with E-state index in [1.165, 1.54) is 40.5 Å². The summed E-state index contributed by atoms with van der Waals surface area (Å²) in [5, 5.41) is 3.63. The molecule has 4 aromatic rings. The molecule has 1 saturated heterocycles. The van der Waals surface area contributed by atoms with E-state index in [0.29, 0.717) is 17.1 Å². The van der Waals surface area contributed by atoms with Gasteiger partial charge in [-0.15, -0.1) is 11.8 Å². The molecular weight excluding hydrogens is 614 g/mol. The molecule has 45 heavy (non-hydrogen) atoms. The fourth-order valence-electron chi connectivity index (χ4n) is 7.99. The number of benzene rings is 3. The minimum absolute atomic E-state index is 0.0193. The SMILES string of the molecule is Cc1ccc(N2C(=O)C3C(C2=O)[C@@H]2C[C@H]3C3Sc4[nH]c(=O)sc4[C@H](c4ccc(OCC(=O)Nc5ccc(F)cc5)cc4)C32)cc1. The average molecular weight is 642 g/mol. The first-order valence-corrected chi connectivity index (χ1v) is 16.6. The molecule has 7 atom stereocenters. The number of ether oxygens (including phenoxy) is 1. The van der Waals surface area contributed by atoms with Crippen molar-refractivity contribution in [1.29, 1.82) is 0 Å². The van der Waals surface area contributed by atoms with Crippen molar-refractivity contribution in [3.05, 3.63) is 104 Å². The van der Waals surface area contributed by atoms with Crippen molar-refractivity contribution in [2.75, 3.05) is 16.8 Å². The Bertz CT molecular complexity index is 1890. The van der Waals surface area contributed by atoms with Gasteiger partial charge < -0.3 is 15.0 Å². The normalized spacial score (nSPS) is 27.7. The third-order valence-electron chi connectivity index (χ3n) is 9.75. The van der Waals surface area contributed by atoms with Gasteiger partial charge in [-0.3, -0.25) is 24.1 Å². The molecule has 3 aromatic carbocycles. The van der Waals surface area contributed by atoms with E-state index in [1.807, 2.05) is 55.5 Å². The Kier molecular flexibility index (Phi) is 6.72. The van der Waals surface area contributed by atoms with E-state index >= 15 is 0 Å². The smallest absolute Gasteiger partial charge is 0.305 e. The van der Waals surface area contributed by atoms with Gasteiger partial charge in [0.25, 0.3) is 5.91 Å². The van der Waals surface area contributed by atoms with E-state index in [0.717, 1.165) is 27.5 Å². The van der Waals surface area contributed by atoms with Crippen LogP contribution < -0.4 is 19.8 Å². The van der Waals surface area contributed by atoms with Gasteiger partial charge in [0.15, 0.2) is 6.61 Å². The standard InChI is InChI=1S/C34H28FN3O5S2/c1-16-2-10-20(11-3-16)38-32(40)27-22-14-23(28(27)33(38)41)29-26(22)25(30-31(44-29)37-34(42)45-30)17-4-12-21(13-5-17)43-15-24(39)36-19-8-6-18(35)7-9-19/h2-13,22-23,25-29H,14-15H2,1H3,(H,36,39)(H,37,42)/t22-,23-,25-,26?,27?,28?,29?/m1/s1. The molecule has 2 aliphatic carbocycles. The molecule has 8 rings (SSSR count). The fraction of sp³-hybridized carbons (Fsp3) is 0.294. The molecule has 0 spiro atoms. The van der Waals surface area contributed by atoms with Crippen molar-refractivity contribution in [3.63, 3.8) is 0 Å². The van der Waals surface area contributed by atoms with Crippen LogP contribution in [0.25, 0.3) is 0 Å². The van der Waals surface area contributed by atoms with E-state index in [9.17, 15) is 23.6 Å². The lowest BCUT2D eigenvalue weighted by atomic mass is 9.68. The molecule has 3 heterocycles. The highest BCUT2D eigenvalue weighted by Crippen LogP contribution is 2.68. The molecule has 3 amide bonds. The molecule has 8 nitrogen and oxygen atoms in total. The molecule has 2 saturated carbocycles. The number of thiazole rings is 1. The second-order valence-electron chi connectivity index (χ2n) is 12.2. The Balaban J connectivity index is 1.05. The number of thioether (sulfide) groups is 1. The van der Waals surface area contributed by atoms with Crippen molar-refractivity contribution in [3.8, 4) is 5.75 Å². The van der Waals surface area contributed by atoms with Crippen LogP contribution in [0.4, 0.5) is 15.8 Å². The number of nitrogens with one attached hydrogen (secondary N) is 2. The maximum absolute atomic E-state index is 13.9. The Hall–Kier alpha value is -4.22. The molecule has 228 valence electrons. The second-order valence-corrected chi connectivity index (χ2v) is 14.4. The highest BCUT2D eigenvalue weighted by atomic mass is 32.2. The molecule has 11 heteroatoms. The summed E-state index contributed by atoms with van der Waals surface area (Å²) in [4.78, 5) is 57.9. The number of imide groups is 1. The van der Waals surface area contributed by atoms with Crippen LogP contribution in [0.15, 0.2) is 82.6 Å². The molecule has 4 aliphatic rings. The number of aryl methyl sites for hydroxylation is 1. The van der Waals surface area contributed by atoms with Crippen molar-refractivity contribution < 1.29 is 23.5 Å². The molecule has 2 N–H and O–H groups in total. The van der Waals surface area contributed by atoms with E-state index < -0.39 is 0 Å². The number of hydrogen-bond donors (Lipinski definition) is 2.